The minimum Gasteiger partial charge on any atom is -0.493 e. The lowest BCUT2D eigenvalue weighted by Crippen LogP contribution is -2.11. The number of nitrogens with zero attached hydrogens (tertiary/aromatic N) is 1. The van der Waals surface area contributed by atoms with E-state index in [0.717, 1.165) is 46.8 Å². The second-order valence-corrected chi connectivity index (χ2v) is 7.95. The molecule has 1 aromatic carbocycles. The Labute approximate surface area is 148 Å². The minimum absolute atomic E-state index is 0.0236. The molecule has 4 rings (SSSR count). The third-order valence-electron chi connectivity index (χ3n) is 4.10. The molecule has 0 amide bonds. The Hall–Kier alpha value is -1.79. The average Bonchev–Trinajstić information content (AvgIpc) is 3.16. The van der Waals surface area contributed by atoms with Crippen LogP contribution in [0.4, 0.5) is 0 Å². The summed E-state index contributed by atoms with van der Waals surface area (Å²) in [5.41, 5.74) is 1.26. The third-order valence-corrected chi connectivity index (χ3v) is 6.22. The molecule has 0 saturated carbocycles. The normalized spacial score (nSPS) is 13.3. The van der Waals surface area contributed by atoms with Gasteiger partial charge in [-0.15, -0.1) is 11.3 Å². The Morgan fingerprint density at radius 1 is 1.25 bits per heavy atom. The van der Waals surface area contributed by atoms with E-state index < -0.39 is 0 Å². The highest BCUT2D eigenvalue weighted by atomic mass is 32.2. The van der Waals surface area contributed by atoms with E-state index in [-0.39, 0.29) is 5.56 Å². The smallest absolute Gasteiger partial charge is 0.259 e. The number of hydrogen-bond acceptors (Lipinski definition) is 5. The van der Waals surface area contributed by atoms with Crippen molar-refractivity contribution >= 4 is 33.3 Å². The van der Waals surface area contributed by atoms with Crippen LogP contribution in [-0.2, 0) is 18.6 Å². The number of aromatic nitrogens is 2. The molecule has 2 heterocycles. The van der Waals surface area contributed by atoms with Crippen LogP contribution in [-0.4, -0.2) is 22.3 Å². The lowest BCUT2D eigenvalue weighted by Gasteiger charge is -2.05. The Kier molecular flexibility index (Phi) is 4.58. The molecule has 0 aliphatic heterocycles. The third kappa shape index (κ3) is 3.21. The Balaban J connectivity index is 1.36. The van der Waals surface area contributed by atoms with E-state index in [2.05, 4.69) is 9.97 Å². The van der Waals surface area contributed by atoms with Gasteiger partial charge in [-0.3, -0.25) is 4.79 Å². The number of hydrogen-bond donors (Lipinski definition) is 1. The fourth-order valence-electron chi connectivity index (χ4n) is 3.02. The molecule has 2 aromatic heterocycles. The first kappa shape index (κ1) is 15.7. The number of fused-ring (bicyclic) bond motifs is 3. The van der Waals surface area contributed by atoms with Crippen LogP contribution in [0.15, 0.2) is 35.1 Å². The van der Waals surface area contributed by atoms with Crippen molar-refractivity contribution in [3.8, 4) is 5.75 Å². The highest BCUT2D eigenvalue weighted by Gasteiger charge is 2.20. The van der Waals surface area contributed by atoms with Crippen LogP contribution in [0.2, 0.25) is 0 Å². The predicted molar refractivity (Wildman–Crippen MR) is 100 cm³/mol. The van der Waals surface area contributed by atoms with Crippen molar-refractivity contribution in [1.82, 2.24) is 9.97 Å². The highest BCUT2D eigenvalue weighted by molar-refractivity contribution is 7.98. The van der Waals surface area contributed by atoms with E-state index in [1.807, 2.05) is 30.3 Å². The first-order valence-corrected chi connectivity index (χ1v) is 10.1. The molecule has 0 atom stereocenters. The van der Waals surface area contributed by atoms with Crippen LogP contribution in [0.3, 0.4) is 0 Å². The quantitative estimate of drug-likeness (QED) is 0.681. The largest absolute Gasteiger partial charge is 0.493 e. The van der Waals surface area contributed by atoms with E-state index in [4.69, 9.17) is 4.74 Å². The van der Waals surface area contributed by atoms with Crippen molar-refractivity contribution in [3.05, 3.63) is 57.0 Å². The van der Waals surface area contributed by atoms with Gasteiger partial charge in [0.15, 0.2) is 0 Å². The van der Waals surface area contributed by atoms with Crippen molar-refractivity contribution in [2.75, 3.05) is 12.4 Å². The molecule has 1 N–H and O–H groups in total. The molecule has 0 saturated heterocycles. The SMILES string of the molecule is O=c1[nH]c(CSCCOc2ccccc2)nc2sc3c(c12)CCC3. The van der Waals surface area contributed by atoms with Gasteiger partial charge in [0.25, 0.3) is 5.56 Å². The second-order valence-electron chi connectivity index (χ2n) is 5.76. The molecule has 6 heteroatoms. The Morgan fingerprint density at radius 2 is 2.12 bits per heavy atom. The molecule has 4 nitrogen and oxygen atoms in total. The number of ether oxygens (including phenoxy) is 1. The summed E-state index contributed by atoms with van der Waals surface area (Å²) in [7, 11) is 0. The van der Waals surface area contributed by atoms with Gasteiger partial charge in [-0.1, -0.05) is 18.2 Å². The number of para-hydroxylation sites is 1. The van der Waals surface area contributed by atoms with Gasteiger partial charge in [-0.05, 0) is 37.0 Å². The van der Waals surface area contributed by atoms with Gasteiger partial charge >= 0.3 is 0 Å². The fraction of sp³-hybridized carbons (Fsp3) is 0.333. The molecule has 0 fully saturated rings. The number of thiophene rings is 1. The Morgan fingerprint density at radius 3 is 3.00 bits per heavy atom. The number of aryl methyl sites for hydroxylation is 2. The van der Waals surface area contributed by atoms with Crippen molar-refractivity contribution in [1.29, 1.82) is 0 Å². The minimum atomic E-state index is 0.0236. The number of rotatable bonds is 6. The van der Waals surface area contributed by atoms with Crippen LogP contribution >= 0.6 is 23.1 Å². The van der Waals surface area contributed by atoms with Crippen LogP contribution < -0.4 is 10.3 Å². The van der Waals surface area contributed by atoms with Gasteiger partial charge in [-0.25, -0.2) is 4.98 Å². The van der Waals surface area contributed by atoms with Crippen LogP contribution in [0, 0.1) is 0 Å². The van der Waals surface area contributed by atoms with Crippen molar-refractivity contribution in [3.63, 3.8) is 0 Å². The number of thioether (sulfide) groups is 1. The lowest BCUT2D eigenvalue weighted by atomic mass is 10.2. The summed E-state index contributed by atoms with van der Waals surface area (Å²) >= 11 is 3.41. The summed E-state index contributed by atoms with van der Waals surface area (Å²) < 4.78 is 5.67. The van der Waals surface area contributed by atoms with Crippen LogP contribution in [0.25, 0.3) is 10.2 Å². The molecule has 1 aliphatic rings. The van der Waals surface area contributed by atoms with Gasteiger partial charge in [-0.2, -0.15) is 11.8 Å². The molecule has 24 heavy (non-hydrogen) atoms. The summed E-state index contributed by atoms with van der Waals surface area (Å²) in [6, 6.07) is 9.80. The van der Waals surface area contributed by atoms with E-state index in [9.17, 15) is 4.79 Å². The van der Waals surface area contributed by atoms with Crippen LogP contribution in [0.1, 0.15) is 22.7 Å². The molecule has 0 bridgehead atoms. The van der Waals surface area contributed by atoms with E-state index >= 15 is 0 Å². The Bertz CT molecular complexity index is 903. The van der Waals surface area contributed by atoms with E-state index in [1.54, 1.807) is 23.1 Å². The summed E-state index contributed by atoms with van der Waals surface area (Å²) in [6.45, 7) is 0.647. The number of benzene rings is 1. The average molecular weight is 358 g/mol. The topological polar surface area (TPSA) is 55.0 Å². The first-order valence-electron chi connectivity index (χ1n) is 8.10. The number of nitrogens with one attached hydrogen (secondary N) is 1. The molecule has 3 aromatic rings. The first-order chi connectivity index (χ1) is 11.8. The molecular formula is C18H18N2O2S2. The standard InChI is InChI=1S/C18H18N2O2S2/c21-17-16-13-7-4-8-14(13)24-18(16)20-15(19-17)11-23-10-9-22-12-5-2-1-3-6-12/h1-3,5-6H,4,7-11H2,(H,19,20,21). The summed E-state index contributed by atoms with van der Waals surface area (Å²) in [6.07, 6.45) is 3.28. The molecule has 0 spiro atoms. The maximum absolute atomic E-state index is 12.4. The zero-order valence-electron chi connectivity index (χ0n) is 13.2. The summed E-state index contributed by atoms with van der Waals surface area (Å²) in [5, 5.41) is 0.827. The number of H-pyrrole nitrogens is 1. The molecule has 0 radical (unpaired) electrons. The van der Waals surface area contributed by atoms with Gasteiger partial charge < -0.3 is 9.72 Å². The van der Waals surface area contributed by atoms with Crippen molar-refractivity contribution in [2.24, 2.45) is 0 Å². The van der Waals surface area contributed by atoms with Crippen molar-refractivity contribution < 1.29 is 4.74 Å². The van der Waals surface area contributed by atoms with Gasteiger partial charge in [0.2, 0.25) is 0 Å². The number of aromatic amines is 1. The summed E-state index contributed by atoms with van der Waals surface area (Å²) in [5.74, 6) is 3.21. The summed E-state index contributed by atoms with van der Waals surface area (Å²) in [4.78, 5) is 22.2. The lowest BCUT2D eigenvalue weighted by molar-refractivity contribution is 0.344. The van der Waals surface area contributed by atoms with Gasteiger partial charge in [0.05, 0.1) is 17.7 Å². The maximum Gasteiger partial charge on any atom is 0.259 e. The molecule has 1 aliphatic carbocycles. The van der Waals surface area contributed by atoms with Crippen molar-refractivity contribution in [2.45, 2.75) is 25.0 Å². The zero-order chi connectivity index (χ0) is 16.4. The maximum atomic E-state index is 12.4. The fourth-order valence-corrected chi connectivity index (χ4v) is 4.98. The van der Waals surface area contributed by atoms with Crippen LogP contribution in [0.5, 0.6) is 5.75 Å². The molecule has 0 unspecified atom stereocenters. The van der Waals surface area contributed by atoms with Gasteiger partial charge in [0.1, 0.15) is 16.4 Å². The second kappa shape index (κ2) is 6.99. The highest BCUT2D eigenvalue weighted by Crippen LogP contribution is 2.34. The zero-order valence-corrected chi connectivity index (χ0v) is 14.8. The molecule has 124 valence electrons. The van der Waals surface area contributed by atoms with Gasteiger partial charge in [0, 0.05) is 10.6 Å². The van der Waals surface area contributed by atoms with E-state index in [1.165, 1.54) is 10.4 Å². The predicted octanol–water partition coefficient (Wildman–Crippen LogP) is 3.79. The van der Waals surface area contributed by atoms with E-state index in [0.29, 0.717) is 12.4 Å². The molecular weight excluding hydrogens is 340 g/mol. The monoisotopic (exact) mass is 358 g/mol.